The molecule has 0 fully saturated rings. The van der Waals surface area contributed by atoms with Crippen molar-refractivity contribution < 1.29 is 0 Å². The van der Waals surface area contributed by atoms with Gasteiger partial charge in [0.25, 0.3) is 0 Å². The Bertz CT molecular complexity index is 280. The standard InChI is InChI=1S/C11H22N4/c1-4-10-13-11(5-2)15(14-10)9-7-8-12-6-3/h12H,4-9H2,1-3H3. The topological polar surface area (TPSA) is 42.7 Å². The molecule has 4 nitrogen and oxygen atoms in total. The summed E-state index contributed by atoms with van der Waals surface area (Å²) in [6.45, 7) is 9.42. The third-order valence-electron chi connectivity index (χ3n) is 2.40. The van der Waals surface area contributed by atoms with E-state index >= 15 is 0 Å². The predicted octanol–water partition coefficient (Wildman–Crippen LogP) is 1.40. The third-order valence-corrected chi connectivity index (χ3v) is 2.40. The molecule has 15 heavy (non-hydrogen) atoms. The summed E-state index contributed by atoms with van der Waals surface area (Å²) in [6.07, 6.45) is 3.01. The first-order valence-electron chi connectivity index (χ1n) is 5.95. The van der Waals surface area contributed by atoms with E-state index in [9.17, 15) is 0 Å². The molecule has 0 spiro atoms. The summed E-state index contributed by atoms with van der Waals surface area (Å²) >= 11 is 0. The first-order valence-corrected chi connectivity index (χ1v) is 5.95. The Morgan fingerprint density at radius 3 is 2.60 bits per heavy atom. The van der Waals surface area contributed by atoms with Crippen molar-refractivity contribution in [2.45, 2.75) is 46.6 Å². The predicted molar refractivity (Wildman–Crippen MR) is 61.9 cm³/mol. The van der Waals surface area contributed by atoms with Gasteiger partial charge in [0.2, 0.25) is 0 Å². The highest BCUT2D eigenvalue weighted by Crippen LogP contribution is 2.01. The molecule has 1 rings (SSSR count). The number of aromatic nitrogens is 3. The molecule has 0 saturated heterocycles. The maximum Gasteiger partial charge on any atom is 0.150 e. The fourth-order valence-electron chi connectivity index (χ4n) is 1.55. The Morgan fingerprint density at radius 2 is 2.00 bits per heavy atom. The van der Waals surface area contributed by atoms with Gasteiger partial charge in [-0.1, -0.05) is 20.8 Å². The maximum atomic E-state index is 4.48. The zero-order valence-electron chi connectivity index (χ0n) is 10.1. The van der Waals surface area contributed by atoms with Crippen molar-refractivity contribution in [2.75, 3.05) is 13.1 Å². The van der Waals surface area contributed by atoms with Gasteiger partial charge < -0.3 is 5.32 Å². The van der Waals surface area contributed by atoms with Gasteiger partial charge in [-0.3, -0.25) is 0 Å². The molecule has 1 heterocycles. The van der Waals surface area contributed by atoms with E-state index in [2.05, 4.69) is 40.9 Å². The van der Waals surface area contributed by atoms with Crippen LogP contribution in [0.4, 0.5) is 0 Å². The minimum absolute atomic E-state index is 0.924. The Balaban J connectivity index is 2.47. The van der Waals surface area contributed by atoms with E-state index in [1.807, 2.05) is 0 Å². The van der Waals surface area contributed by atoms with E-state index < -0.39 is 0 Å². The lowest BCUT2D eigenvalue weighted by atomic mass is 10.4. The molecular weight excluding hydrogens is 188 g/mol. The van der Waals surface area contributed by atoms with Crippen LogP contribution in [0.5, 0.6) is 0 Å². The number of rotatable bonds is 7. The average Bonchev–Trinajstić information content (AvgIpc) is 2.67. The van der Waals surface area contributed by atoms with Crippen LogP contribution in [0.3, 0.4) is 0 Å². The number of nitrogens with one attached hydrogen (secondary N) is 1. The van der Waals surface area contributed by atoms with E-state index in [4.69, 9.17) is 0 Å². The minimum Gasteiger partial charge on any atom is -0.317 e. The highest BCUT2D eigenvalue weighted by molar-refractivity contribution is 4.92. The van der Waals surface area contributed by atoms with Crippen molar-refractivity contribution in [1.82, 2.24) is 20.1 Å². The molecule has 0 amide bonds. The average molecular weight is 210 g/mol. The number of aryl methyl sites for hydroxylation is 3. The second kappa shape index (κ2) is 6.56. The van der Waals surface area contributed by atoms with E-state index in [0.717, 1.165) is 50.5 Å². The van der Waals surface area contributed by atoms with Crippen molar-refractivity contribution in [1.29, 1.82) is 0 Å². The van der Waals surface area contributed by atoms with E-state index in [1.54, 1.807) is 0 Å². The van der Waals surface area contributed by atoms with Gasteiger partial charge in [-0.25, -0.2) is 9.67 Å². The number of nitrogens with zero attached hydrogens (tertiary/aromatic N) is 3. The highest BCUT2D eigenvalue weighted by Gasteiger charge is 2.05. The van der Waals surface area contributed by atoms with Crippen LogP contribution in [0.1, 0.15) is 38.8 Å². The highest BCUT2D eigenvalue weighted by atomic mass is 15.3. The zero-order chi connectivity index (χ0) is 11.1. The van der Waals surface area contributed by atoms with E-state index in [1.165, 1.54) is 0 Å². The SMILES string of the molecule is CCNCCCn1nc(CC)nc1CC. The fourth-order valence-corrected chi connectivity index (χ4v) is 1.55. The molecule has 0 aliphatic carbocycles. The van der Waals surface area contributed by atoms with Gasteiger partial charge in [-0.05, 0) is 19.5 Å². The molecule has 0 aromatic carbocycles. The van der Waals surface area contributed by atoms with Crippen LogP contribution in [-0.4, -0.2) is 27.9 Å². The normalized spacial score (nSPS) is 10.9. The molecule has 0 aliphatic rings. The Kier molecular flexibility index (Phi) is 5.32. The summed E-state index contributed by atoms with van der Waals surface area (Å²) < 4.78 is 2.05. The van der Waals surface area contributed by atoms with Crippen LogP contribution in [-0.2, 0) is 19.4 Å². The van der Waals surface area contributed by atoms with Crippen LogP contribution in [0.15, 0.2) is 0 Å². The first-order chi connectivity index (χ1) is 7.31. The van der Waals surface area contributed by atoms with Crippen molar-refractivity contribution in [3.8, 4) is 0 Å². The minimum atomic E-state index is 0.924. The van der Waals surface area contributed by atoms with Crippen molar-refractivity contribution >= 4 is 0 Å². The summed E-state index contributed by atoms with van der Waals surface area (Å²) in [6, 6.07) is 0. The van der Waals surface area contributed by atoms with Gasteiger partial charge >= 0.3 is 0 Å². The number of hydrogen-bond donors (Lipinski definition) is 1. The summed E-state index contributed by atoms with van der Waals surface area (Å²) in [5.74, 6) is 2.08. The molecule has 0 bridgehead atoms. The zero-order valence-corrected chi connectivity index (χ0v) is 10.1. The lowest BCUT2D eigenvalue weighted by Gasteiger charge is -2.04. The Labute approximate surface area is 92.1 Å². The van der Waals surface area contributed by atoms with Crippen LogP contribution in [0.25, 0.3) is 0 Å². The Hall–Kier alpha value is -0.900. The second-order valence-corrected chi connectivity index (χ2v) is 3.58. The van der Waals surface area contributed by atoms with Gasteiger partial charge in [0, 0.05) is 19.4 Å². The number of hydrogen-bond acceptors (Lipinski definition) is 3. The largest absolute Gasteiger partial charge is 0.317 e. The summed E-state index contributed by atoms with van der Waals surface area (Å²) in [5.41, 5.74) is 0. The maximum absolute atomic E-state index is 4.48. The molecule has 0 saturated carbocycles. The van der Waals surface area contributed by atoms with Crippen LogP contribution in [0.2, 0.25) is 0 Å². The van der Waals surface area contributed by atoms with Crippen molar-refractivity contribution in [3.05, 3.63) is 11.6 Å². The van der Waals surface area contributed by atoms with Crippen LogP contribution >= 0.6 is 0 Å². The molecular formula is C11H22N4. The molecule has 0 aliphatic heterocycles. The smallest absolute Gasteiger partial charge is 0.150 e. The molecule has 1 aromatic rings. The first kappa shape index (κ1) is 12.2. The van der Waals surface area contributed by atoms with Gasteiger partial charge in [0.15, 0.2) is 5.82 Å². The van der Waals surface area contributed by atoms with E-state index in [0.29, 0.717) is 0 Å². The van der Waals surface area contributed by atoms with Gasteiger partial charge in [-0.2, -0.15) is 5.10 Å². The summed E-state index contributed by atoms with van der Waals surface area (Å²) in [4.78, 5) is 4.48. The van der Waals surface area contributed by atoms with Crippen LogP contribution < -0.4 is 5.32 Å². The summed E-state index contributed by atoms with van der Waals surface area (Å²) in [7, 11) is 0. The quantitative estimate of drug-likeness (QED) is 0.692. The fraction of sp³-hybridized carbons (Fsp3) is 0.818. The molecule has 0 atom stereocenters. The van der Waals surface area contributed by atoms with Gasteiger partial charge in [0.1, 0.15) is 5.82 Å². The molecule has 0 radical (unpaired) electrons. The van der Waals surface area contributed by atoms with Gasteiger partial charge in [0.05, 0.1) is 0 Å². The molecule has 4 heteroatoms. The monoisotopic (exact) mass is 210 g/mol. The second-order valence-electron chi connectivity index (χ2n) is 3.58. The van der Waals surface area contributed by atoms with Crippen LogP contribution in [0, 0.1) is 0 Å². The molecule has 86 valence electrons. The molecule has 0 unspecified atom stereocenters. The molecule has 1 aromatic heterocycles. The lowest BCUT2D eigenvalue weighted by Crippen LogP contribution is -2.17. The Morgan fingerprint density at radius 1 is 1.20 bits per heavy atom. The van der Waals surface area contributed by atoms with E-state index in [-0.39, 0.29) is 0 Å². The van der Waals surface area contributed by atoms with Crippen molar-refractivity contribution in [2.24, 2.45) is 0 Å². The molecule has 1 N–H and O–H groups in total. The van der Waals surface area contributed by atoms with Crippen molar-refractivity contribution in [3.63, 3.8) is 0 Å². The third kappa shape index (κ3) is 3.63. The lowest BCUT2D eigenvalue weighted by molar-refractivity contribution is 0.528. The van der Waals surface area contributed by atoms with Gasteiger partial charge in [-0.15, -0.1) is 0 Å². The summed E-state index contributed by atoms with van der Waals surface area (Å²) in [5, 5.41) is 7.79.